The van der Waals surface area contributed by atoms with Crippen LogP contribution < -0.4 is 10.6 Å². The van der Waals surface area contributed by atoms with Crippen LogP contribution in [0.3, 0.4) is 0 Å². The largest absolute Gasteiger partial charge is 0.443 e. The summed E-state index contributed by atoms with van der Waals surface area (Å²) in [6.45, 7) is 3.90. The molecule has 0 unspecified atom stereocenters. The number of oxazole rings is 1. The zero-order valence-electron chi connectivity index (χ0n) is 13.9. The number of aromatic nitrogens is 2. The van der Waals surface area contributed by atoms with Gasteiger partial charge in [0.2, 0.25) is 5.89 Å². The molecule has 1 aliphatic rings. The normalized spacial score (nSPS) is 15.2. The first-order valence-corrected chi connectivity index (χ1v) is 9.73. The highest BCUT2D eigenvalue weighted by Gasteiger charge is 2.19. The molecule has 0 amide bonds. The molecule has 4 heterocycles. The van der Waals surface area contributed by atoms with E-state index in [2.05, 4.69) is 24.8 Å². The number of piperazine rings is 1. The number of nitrogens with zero attached hydrogens (tertiary/aromatic N) is 5. The van der Waals surface area contributed by atoms with Gasteiger partial charge in [0.25, 0.3) is 0 Å². The van der Waals surface area contributed by atoms with Crippen LogP contribution in [-0.4, -0.2) is 47.0 Å². The molecule has 0 aromatic carbocycles. The zero-order chi connectivity index (χ0) is 17.1. The Kier molecular flexibility index (Phi) is 6.48. The highest BCUT2D eigenvalue weighted by atomic mass is 127. The van der Waals surface area contributed by atoms with E-state index in [9.17, 15) is 0 Å². The Labute approximate surface area is 176 Å². The Morgan fingerprint density at radius 2 is 2.08 bits per heavy atom. The molecule has 0 aliphatic carbocycles. The molecule has 1 aliphatic heterocycles. The molecule has 2 N–H and O–H groups in total. The van der Waals surface area contributed by atoms with E-state index in [-0.39, 0.29) is 24.0 Å². The minimum Gasteiger partial charge on any atom is -0.443 e. The van der Waals surface area contributed by atoms with Crippen molar-refractivity contribution >= 4 is 57.7 Å². The molecule has 4 rings (SSSR count). The zero-order valence-corrected chi connectivity index (χ0v) is 17.9. The summed E-state index contributed by atoms with van der Waals surface area (Å²) >= 11 is 3.27. The van der Waals surface area contributed by atoms with Crippen LogP contribution in [0.25, 0.3) is 10.8 Å². The highest BCUT2D eigenvalue weighted by molar-refractivity contribution is 14.0. The molecule has 1 fully saturated rings. The van der Waals surface area contributed by atoms with Crippen LogP contribution in [0.4, 0.5) is 5.13 Å². The second-order valence-electron chi connectivity index (χ2n) is 5.58. The molecule has 0 atom stereocenters. The van der Waals surface area contributed by atoms with Crippen molar-refractivity contribution in [3.05, 3.63) is 41.0 Å². The lowest BCUT2D eigenvalue weighted by Crippen LogP contribution is -2.51. The summed E-state index contributed by atoms with van der Waals surface area (Å²) in [5, 5.41) is 5.07. The van der Waals surface area contributed by atoms with Crippen molar-refractivity contribution in [2.75, 3.05) is 31.1 Å². The Bertz CT molecular complexity index is 825. The van der Waals surface area contributed by atoms with Gasteiger partial charge in [0.1, 0.15) is 12.0 Å². The maximum Gasteiger partial charge on any atom is 0.236 e. The molecule has 3 aromatic heterocycles. The average Bonchev–Trinajstić information content (AvgIpc) is 3.42. The first kappa shape index (κ1) is 19.1. The average molecular weight is 502 g/mol. The summed E-state index contributed by atoms with van der Waals surface area (Å²) in [7, 11) is 0. The lowest BCUT2D eigenvalue weighted by molar-refractivity contribution is 0.380. The minimum atomic E-state index is 0. The third-order valence-corrected chi connectivity index (χ3v) is 5.67. The van der Waals surface area contributed by atoms with Crippen LogP contribution in [0, 0.1) is 0 Å². The van der Waals surface area contributed by atoms with Gasteiger partial charge in [-0.15, -0.1) is 46.7 Å². The molecule has 3 aromatic rings. The van der Waals surface area contributed by atoms with Crippen molar-refractivity contribution in [1.82, 2.24) is 14.9 Å². The van der Waals surface area contributed by atoms with Crippen LogP contribution in [0.15, 0.2) is 44.8 Å². The maximum atomic E-state index is 6.15. The number of guanidine groups is 1. The van der Waals surface area contributed by atoms with Crippen molar-refractivity contribution in [3.8, 4) is 10.8 Å². The Morgan fingerprint density at radius 3 is 2.77 bits per heavy atom. The van der Waals surface area contributed by atoms with Crippen molar-refractivity contribution in [3.63, 3.8) is 0 Å². The molecular formula is C16H19IN6OS2. The second-order valence-corrected chi connectivity index (χ2v) is 7.41. The van der Waals surface area contributed by atoms with Gasteiger partial charge >= 0.3 is 0 Å². The summed E-state index contributed by atoms with van der Waals surface area (Å²) in [6.07, 6.45) is 3.48. The van der Waals surface area contributed by atoms with Gasteiger partial charge in [0.05, 0.1) is 11.4 Å². The molecule has 138 valence electrons. The number of hydrogen-bond acceptors (Lipinski definition) is 7. The third kappa shape index (κ3) is 4.35. The Hall–Kier alpha value is -1.66. The summed E-state index contributed by atoms with van der Waals surface area (Å²) in [5.41, 5.74) is 6.93. The Balaban J connectivity index is 0.00000196. The van der Waals surface area contributed by atoms with E-state index >= 15 is 0 Å². The number of thiophene rings is 1. The number of aliphatic imine (C=N–C) groups is 1. The van der Waals surface area contributed by atoms with Crippen LogP contribution in [0.1, 0.15) is 5.69 Å². The monoisotopic (exact) mass is 502 g/mol. The fraction of sp³-hybridized carbons (Fsp3) is 0.312. The first-order chi connectivity index (χ1) is 12.3. The number of hydrogen-bond donors (Lipinski definition) is 1. The van der Waals surface area contributed by atoms with Crippen molar-refractivity contribution in [1.29, 1.82) is 0 Å². The molecule has 10 heteroatoms. The highest BCUT2D eigenvalue weighted by Crippen LogP contribution is 2.24. The second kappa shape index (κ2) is 8.82. The smallest absolute Gasteiger partial charge is 0.236 e. The lowest BCUT2D eigenvalue weighted by Gasteiger charge is -2.35. The van der Waals surface area contributed by atoms with Crippen molar-refractivity contribution < 1.29 is 4.42 Å². The maximum absolute atomic E-state index is 6.15. The van der Waals surface area contributed by atoms with Gasteiger partial charge < -0.3 is 20.0 Å². The quantitative estimate of drug-likeness (QED) is 0.336. The van der Waals surface area contributed by atoms with E-state index in [1.807, 2.05) is 29.1 Å². The van der Waals surface area contributed by atoms with Gasteiger partial charge in [-0.05, 0) is 11.4 Å². The standard InChI is InChI=1S/C16H18N6OS2.HI/c17-15(21-4-6-22(7-5-21)16-18-3-9-25-16)19-10-12-11-23-14(20-12)13-2-1-8-24-13;/h1-3,8-9,11H,4-7,10H2,(H2,17,19);1H. The Morgan fingerprint density at radius 1 is 1.23 bits per heavy atom. The van der Waals surface area contributed by atoms with Gasteiger partial charge in [-0.3, -0.25) is 0 Å². The summed E-state index contributed by atoms with van der Waals surface area (Å²) < 4.78 is 5.51. The predicted molar refractivity (Wildman–Crippen MR) is 116 cm³/mol. The van der Waals surface area contributed by atoms with E-state index in [4.69, 9.17) is 10.2 Å². The van der Waals surface area contributed by atoms with Gasteiger partial charge in [0, 0.05) is 37.8 Å². The molecule has 0 bridgehead atoms. The topological polar surface area (TPSA) is 83.8 Å². The minimum absolute atomic E-state index is 0. The molecule has 0 saturated carbocycles. The molecule has 0 spiro atoms. The molecular weight excluding hydrogens is 483 g/mol. The molecule has 7 nitrogen and oxygen atoms in total. The third-order valence-electron chi connectivity index (χ3n) is 3.98. The molecule has 1 saturated heterocycles. The van der Waals surface area contributed by atoms with Crippen LogP contribution >= 0.6 is 46.7 Å². The van der Waals surface area contributed by atoms with Crippen LogP contribution in [0.2, 0.25) is 0 Å². The van der Waals surface area contributed by atoms with E-state index < -0.39 is 0 Å². The number of rotatable bonds is 4. The number of thiazole rings is 1. The summed E-state index contributed by atoms with van der Waals surface area (Å²) in [6, 6.07) is 3.96. The first-order valence-electron chi connectivity index (χ1n) is 7.97. The van der Waals surface area contributed by atoms with Crippen molar-refractivity contribution in [2.45, 2.75) is 6.54 Å². The SMILES string of the molecule is I.NC(=NCc1coc(-c2cccs2)n1)N1CCN(c2nccs2)CC1. The van der Waals surface area contributed by atoms with Gasteiger partial charge in [0.15, 0.2) is 11.1 Å². The van der Waals surface area contributed by atoms with Crippen LogP contribution in [0.5, 0.6) is 0 Å². The van der Waals surface area contributed by atoms with E-state index in [1.54, 1.807) is 28.9 Å². The van der Waals surface area contributed by atoms with E-state index in [1.165, 1.54) is 0 Å². The molecule has 26 heavy (non-hydrogen) atoms. The number of halogens is 1. The fourth-order valence-electron chi connectivity index (χ4n) is 2.65. The van der Waals surface area contributed by atoms with Gasteiger partial charge in [-0.2, -0.15) is 0 Å². The number of nitrogens with two attached hydrogens (primary N) is 1. The van der Waals surface area contributed by atoms with Crippen LogP contribution in [-0.2, 0) is 6.54 Å². The van der Waals surface area contributed by atoms with Gasteiger partial charge in [-0.25, -0.2) is 15.0 Å². The predicted octanol–water partition coefficient (Wildman–Crippen LogP) is 3.11. The van der Waals surface area contributed by atoms with Crippen molar-refractivity contribution in [2.24, 2.45) is 10.7 Å². The fourth-order valence-corrected chi connectivity index (χ4v) is 4.01. The van der Waals surface area contributed by atoms with E-state index in [0.29, 0.717) is 18.4 Å². The van der Waals surface area contributed by atoms with Gasteiger partial charge in [-0.1, -0.05) is 6.07 Å². The summed E-state index contributed by atoms with van der Waals surface area (Å²) in [5.74, 6) is 1.19. The molecule has 0 radical (unpaired) electrons. The summed E-state index contributed by atoms with van der Waals surface area (Å²) in [4.78, 5) is 18.7. The number of anilines is 1. The lowest BCUT2D eigenvalue weighted by atomic mass is 10.3. The van der Waals surface area contributed by atoms with E-state index in [0.717, 1.165) is 41.9 Å².